The topological polar surface area (TPSA) is 34.5 Å². The summed E-state index contributed by atoms with van der Waals surface area (Å²) in [5, 5.41) is 1.70. The number of pyridine rings is 1. The Hall–Kier alpha value is -2.23. The summed E-state index contributed by atoms with van der Waals surface area (Å²) in [5.41, 5.74) is 5.03. The molecule has 4 rings (SSSR count). The van der Waals surface area contributed by atoms with Crippen molar-refractivity contribution < 1.29 is 4.74 Å². The minimum absolute atomic E-state index is 0.558. The van der Waals surface area contributed by atoms with Gasteiger partial charge in [-0.05, 0) is 23.8 Å². The first-order valence-corrected chi connectivity index (χ1v) is 7.97. The highest BCUT2D eigenvalue weighted by atomic mass is 35.5. The molecular weight excluding hydrogens is 308 g/mol. The maximum Gasteiger partial charge on any atom is 0.0797 e. The molecule has 0 fully saturated rings. The van der Waals surface area contributed by atoms with Crippen molar-refractivity contribution >= 4 is 34.4 Å². The molecule has 4 heteroatoms. The molecule has 0 saturated heterocycles. The van der Waals surface area contributed by atoms with Crippen molar-refractivity contribution in [3.63, 3.8) is 0 Å². The summed E-state index contributed by atoms with van der Waals surface area (Å²) in [6.07, 6.45) is 2.70. The average molecular weight is 323 g/mol. The van der Waals surface area contributed by atoms with E-state index >= 15 is 0 Å². The highest BCUT2D eigenvalue weighted by Crippen LogP contribution is 2.34. The first kappa shape index (κ1) is 14.4. The van der Waals surface area contributed by atoms with Crippen molar-refractivity contribution in [2.75, 3.05) is 6.61 Å². The Labute approximate surface area is 139 Å². The molecule has 0 unspecified atom stereocenters. The van der Waals surface area contributed by atoms with Crippen LogP contribution in [0.3, 0.4) is 0 Å². The van der Waals surface area contributed by atoms with Gasteiger partial charge >= 0.3 is 0 Å². The predicted molar refractivity (Wildman–Crippen MR) is 93.8 cm³/mol. The monoisotopic (exact) mass is 322 g/mol. The smallest absolute Gasteiger partial charge is 0.0797 e. The predicted octanol–water partition coefficient (Wildman–Crippen LogP) is 4.71. The van der Waals surface area contributed by atoms with Crippen LogP contribution in [-0.2, 0) is 17.8 Å². The Bertz CT molecular complexity index is 891. The van der Waals surface area contributed by atoms with Gasteiger partial charge in [0.15, 0.2) is 0 Å². The number of benzene rings is 2. The average Bonchev–Trinajstić information content (AvgIpc) is 2.59. The second-order valence-corrected chi connectivity index (χ2v) is 5.96. The molecule has 0 radical (unpaired) electrons. The van der Waals surface area contributed by atoms with Crippen molar-refractivity contribution in [3.8, 4) is 0 Å². The Morgan fingerprint density at radius 3 is 2.87 bits per heavy atom. The normalized spacial score (nSPS) is 14.3. The summed E-state index contributed by atoms with van der Waals surface area (Å²) in [7, 11) is 0. The van der Waals surface area contributed by atoms with Crippen molar-refractivity contribution in [2.45, 2.75) is 13.0 Å². The van der Waals surface area contributed by atoms with Gasteiger partial charge in [0, 0.05) is 28.6 Å². The molecule has 1 aromatic heterocycles. The zero-order valence-electron chi connectivity index (χ0n) is 12.5. The maximum atomic E-state index is 6.12. The van der Waals surface area contributed by atoms with E-state index in [1.165, 1.54) is 0 Å². The van der Waals surface area contributed by atoms with Crippen molar-refractivity contribution in [1.29, 1.82) is 0 Å². The molecular formula is C19H15ClN2O. The highest BCUT2D eigenvalue weighted by molar-refractivity contribution is 6.31. The lowest BCUT2D eigenvalue weighted by atomic mass is 10.0. The lowest BCUT2D eigenvalue weighted by molar-refractivity contribution is 0.110. The Kier molecular flexibility index (Phi) is 3.82. The van der Waals surface area contributed by atoms with E-state index in [0.717, 1.165) is 39.8 Å². The van der Waals surface area contributed by atoms with Crippen LogP contribution in [0.15, 0.2) is 53.5 Å². The third kappa shape index (κ3) is 2.85. The molecule has 0 atom stereocenters. The van der Waals surface area contributed by atoms with Crippen LogP contribution in [0, 0.1) is 0 Å². The lowest BCUT2D eigenvalue weighted by Crippen LogP contribution is -2.12. The maximum absolute atomic E-state index is 6.12. The quantitative estimate of drug-likeness (QED) is 0.640. The highest BCUT2D eigenvalue weighted by Gasteiger charge is 2.18. The minimum atomic E-state index is 0.558. The van der Waals surface area contributed by atoms with Gasteiger partial charge < -0.3 is 4.74 Å². The van der Waals surface area contributed by atoms with Crippen LogP contribution in [0.5, 0.6) is 0 Å². The molecule has 0 N–H and O–H groups in total. The van der Waals surface area contributed by atoms with Crippen molar-refractivity contribution in [1.82, 2.24) is 4.98 Å². The largest absolute Gasteiger partial charge is 0.376 e. The van der Waals surface area contributed by atoms with Crippen LogP contribution in [0.2, 0.25) is 5.02 Å². The van der Waals surface area contributed by atoms with E-state index in [-0.39, 0.29) is 0 Å². The third-order valence-electron chi connectivity index (χ3n) is 3.98. The van der Waals surface area contributed by atoms with Gasteiger partial charge in [-0.3, -0.25) is 9.98 Å². The van der Waals surface area contributed by atoms with Crippen LogP contribution >= 0.6 is 11.6 Å². The standard InChI is InChI=1S/C19H15ClN2O/c20-14-6-7-15-18(10-14)22-17-8-9-23-12-16(17)19(15)21-11-13-4-2-1-3-5-13/h1-7,10-11H,8-9,12H2/b21-11+. The zero-order valence-corrected chi connectivity index (χ0v) is 13.3. The number of hydrogen-bond donors (Lipinski definition) is 0. The van der Waals surface area contributed by atoms with Crippen LogP contribution in [0.1, 0.15) is 16.8 Å². The molecule has 1 aliphatic rings. The van der Waals surface area contributed by atoms with Gasteiger partial charge in [-0.25, -0.2) is 0 Å². The first-order valence-electron chi connectivity index (χ1n) is 7.59. The lowest BCUT2D eigenvalue weighted by Gasteiger charge is -2.19. The molecule has 0 spiro atoms. The van der Waals surface area contributed by atoms with E-state index in [9.17, 15) is 0 Å². The van der Waals surface area contributed by atoms with E-state index in [1.807, 2.05) is 54.7 Å². The van der Waals surface area contributed by atoms with Gasteiger partial charge in [0.1, 0.15) is 0 Å². The molecule has 3 aromatic rings. The van der Waals surface area contributed by atoms with E-state index in [4.69, 9.17) is 26.3 Å². The molecule has 23 heavy (non-hydrogen) atoms. The van der Waals surface area contributed by atoms with Crippen molar-refractivity contribution in [3.05, 3.63) is 70.4 Å². The SMILES string of the molecule is Clc1ccc2c(/N=C/c3ccccc3)c3c(nc2c1)CCOC3. The second kappa shape index (κ2) is 6.11. The fourth-order valence-electron chi connectivity index (χ4n) is 2.84. The Balaban J connectivity index is 1.90. The minimum Gasteiger partial charge on any atom is -0.376 e. The van der Waals surface area contributed by atoms with Gasteiger partial charge in [-0.1, -0.05) is 41.9 Å². The fraction of sp³-hybridized carbons (Fsp3) is 0.158. The van der Waals surface area contributed by atoms with E-state index in [0.29, 0.717) is 18.2 Å². The van der Waals surface area contributed by atoms with Gasteiger partial charge in [0.25, 0.3) is 0 Å². The number of ether oxygens (including phenoxy) is 1. The second-order valence-electron chi connectivity index (χ2n) is 5.52. The molecule has 114 valence electrons. The Morgan fingerprint density at radius 2 is 2.00 bits per heavy atom. The number of aromatic nitrogens is 1. The van der Waals surface area contributed by atoms with Gasteiger partial charge in [0.2, 0.25) is 0 Å². The van der Waals surface area contributed by atoms with Crippen LogP contribution in [0.25, 0.3) is 10.9 Å². The zero-order chi connectivity index (χ0) is 15.6. The van der Waals surface area contributed by atoms with Crippen LogP contribution < -0.4 is 0 Å². The molecule has 2 aromatic carbocycles. The van der Waals surface area contributed by atoms with E-state index in [1.54, 1.807) is 0 Å². The van der Waals surface area contributed by atoms with Crippen molar-refractivity contribution in [2.24, 2.45) is 4.99 Å². The number of halogens is 1. The molecule has 0 amide bonds. The molecule has 0 bridgehead atoms. The number of hydrogen-bond acceptors (Lipinski definition) is 3. The first-order chi connectivity index (χ1) is 11.3. The molecule has 0 aliphatic carbocycles. The summed E-state index contributed by atoms with van der Waals surface area (Å²) >= 11 is 6.12. The van der Waals surface area contributed by atoms with Gasteiger partial charge in [-0.2, -0.15) is 0 Å². The van der Waals surface area contributed by atoms with Gasteiger partial charge in [0.05, 0.1) is 30.1 Å². The van der Waals surface area contributed by atoms with Gasteiger partial charge in [-0.15, -0.1) is 0 Å². The summed E-state index contributed by atoms with van der Waals surface area (Å²) in [5.74, 6) is 0. The summed E-state index contributed by atoms with van der Waals surface area (Å²) in [4.78, 5) is 9.51. The van der Waals surface area contributed by atoms with Crippen LogP contribution in [0.4, 0.5) is 5.69 Å². The molecule has 3 nitrogen and oxygen atoms in total. The number of nitrogens with zero attached hydrogens (tertiary/aromatic N) is 2. The fourth-order valence-corrected chi connectivity index (χ4v) is 3.00. The van der Waals surface area contributed by atoms with E-state index < -0.39 is 0 Å². The summed E-state index contributed by atoms with van der Waals surface area (Å²) in [6, 6.07) is 15.8. The third-order valence-corrected chi connectivity index (χ3v) is 4.21. The summed E-state index contributed by atoms with van der Waals surface area (Å²) in [6.45, 7) is 1.26. The Morgan fingerprint density at radius 1 is 1.13 bits per heavy atom. The molecule has 1 aliphatic heterocycles. The molecule has 0 saturated carbocycles. The van der Waals surface area contributed by atoms with Crippen LogP contribution in [-0.4, -0.2) is 17.8 Å². The van der Waals surface area contributed by atoms with E-state index in [2.05, 4.69) is 0 Å². The number of aliphatic imine (C=N–C) groups is 1. The number of rotatable bonds is 2. The molecule has 2 heterocycles. The summed E-state index contributed by atoms with van der Waals surface area (Å²) < 4.78 is 5.62. The number of fused-ring (bicyclic) bond motifs is 2.